The minimum atomic E-state index is -3.36. The van der Waals surface area contributed by atoms with Crippen molar-refractivity contribution in [2.24, 2.45) is 0 Å². The second kappa shape index (κ2) is 7.65. The van der Waals surface area contributed by atoms with Gasteiger partial charge in [-0.25, -0.2) is 0 Å². The van der Waals surface area contributed by atoms with Gasteiger partial charge in [0.1, 0.15) is 0 Å². The van der Waals surface area contributed by atoms with E-state index in [2.05, 4.69) is 88.3 Å². The van der Waals surface area contributed by atoms with Gasteiger partial charge in [-0.1, -0.05) is 0 Å². The topological polar surface area (TPSA) is 0 Å². The van der Waals surface area contributed by atoms with E-state index in [-0.39, 0.29) is 0 Å². The molecule has 0 atom stereocenters. The summed E-state index contributed by atoms with van der Waals surface area (Å²) in [5, 5.41) is 2.33. The Labute approximate surface area is 183 Å². The molecule has 28 heavy (non-hydrogen) atoms. The van der Waals surface area contributed by atoms with Crippen LogP contribution in [0.1, 0.15) is 0 Å². The summed E-state index contributed by atoms with van der Waals surface area (Å²) in [4.78, 5) is 0. The fraction of sp³-hybridized carbons (Fsp3) is 0. The van der Waals surface area contributed by atoms with Gasteiger partial charge in [0.05, 0.1) is 0 Å². The Hall–Kier alpha value is -1.63. The van der Waals surface area contributed by atoms with Gasteiger partial charge in [-0.2, -0.15) is 0 Å². The maximum absolute atomic E-state index is 6.87. The predicted molar refractivity (Wildman–Crippen MR) is 130 cm³/mol. The van der Waals surface area contributed by atoms with E-state index in [9.17, 15) is 0 Å². The number of halogens is 3. The first-order chi connectivity index (χ1) is 13.6. The Morgan fingerprint density at radius 3 is 1.11 bits per heavy atom. The van der Waals surface area contributed by atoms with Crippen LogP contribution in [0.4, 0.5) is 0 Å². The molecule has 4 aromatic carbocycles. The quantitative estimate of drug-likeness (QED) is 0.290. The van der Waals surface area contributed by atoms with Crippen LogP contribution in [0.2, 0.25) is 10.0 Å². The summed E-state index contributed by atoms with van der Waals surface area (Å²) in [6.45, 7) is 0. The van der Waals surface area contributed by atoms with Gasteiger partial charge in [0.15, 0.2) is 0 Å². The van der Waals surface area contributed by atoms with Crippen molar-refractivity contribution in [1.82, 2.24) is 0 Å². The molecule has 0 saturated carbocycles. The Balaban J connectivity index is 2.30. The summed E-state index contributed by atoms with van der Waals surface area (Å²) < 4.78 is 0. The molecule has 0 bridgehead atoms. The number of hydrogen-bond donors (Lipinski definition) is 0. The fourth-order valence-electron chi connectivity index (χ4n) is 3.85. The zero-order chi connectivity index (χ0) is 19.6. The van der Waals surface area contributed by atoms with Crippen molar-refractivity contribution in [3.8, 4) is 0 Å². The van der Waals surface area contributed by atoms with Gasteiger partial charge in [0.25, 0.3) is 0 Å². The molecule has 0 nitrogen and oxygen atoms in total. The molecular weight excluding hydrogens is 470 g/mol. The van der Waals surface area contributed by atoms with E-state index in [0.717, 1.165) is 21.2 Å². The number of hydrogen-bond acceptors (Lipinski definition) is 0. The van der Waals surface area contributed by atoms with Crippen LogP contribution >= 0.6 is 44.0 Å². The molecule has 0 aliphatic heterocycles. The van der Waals surface area contributed by atoms with Crippen LogP contribution < -0.4 is 21.2 Å². The van der Waals surface area contributed by atoms with Crippen LogP contribution in [0.15, 0.2) is 109 Å². The second-order valence-corrected chi connectivity index (χ2v) is 15.7. The summed E-state index contributed by atoms with van der Waals surface area (Å²) in [6.07, 6.45) is 0. The molecule has 0 saturated heterocycles. The summed E-state index contributed by atoms with van der Waals surface area (Å²) in [7, 11) is 0. The van der Waals surface area contributed by atoms with Crippen LogP contribution in [0.25, 0.3) is 0 Å². The molecule has 0 unspecified atom stereocenters. The van der Waals surface area contributed by atoms with E-state index in [1.807, 2.05) is 36.4 Å². The normalized spacial score (nSPS) is 12.9. The standard InChI is InChI=1S/C24H18BrCl2P/c25-28(19-11-4-1-5-12-19,20-13-6-2-7-14-20,21-15-8-3-9-16-21)24-22(26)17-10-18-23(24)27/h1-18H. The SMILES string of the molecule is Clc1cccc(Cl)c1P(Br)(c1ccccc1)(c1ccccc1)c1ccccc1. The van der Waals surface area contributed by atoms with E-state index in [1.165, 1.54) is 0 Å². The molecule has 0 amide bonds. The molecule has 0 aliphatic carbocycles. The molecule has 0 radical (unpaired) electrons. The molecule has 4 rings (SSSR count). The van der Waals surface area contributed by atoms with Gasteiger partial charge in [0, 0.05) is 0 Å². The van der Waals surface area contributed by atoms with Crippen molar-refractivity contribution in [1.29, 1.82) is 0 Å². The summed E-state index contributed by atoms with van der Waals surface area (Å²) >= 11 is 18.1. The Kier molecular flexibility index (Phi) is 5.38. The van der Waals surface area contributed by atoms with Crippen molar-refractivity contribution in [3.63, 3.8) is 0 Å². The van der Waals surface area contributed by atoms with E-state index in [0.29, 0.717) is 10.0 Å². The van der Waals surface area contributed by atoms with Crippen molar-refractivity contribution >= 4 is 65.2 Å². The molecule has 4 aromatic rings. The Morgan fingerprint density at radius 2 is 0.786 bits per heavy atom. The molecule has 0 aromatic heterocycles. The average Bonchev–Trinajstić information content (AvgIpc) is 2.75. The first-order valence-electron chi connectivity index (χ1n) is 8.92. The zero-order valence-corrected chi connectivity index (χ0v) is 19.0. The fourth-order valence-corrected chi connectivity index (χ4v) is 14.0. The molecule has 0 N–H and O–H groups in total. The Morgan fingerprint density at radius 1 is 0.464 bits per heavy atom. The van der Waals surface area contributed by atoms with Crippen LogP contribution in [-0.4, -0.2) is 0 Å². The van der Waals surface area contributed by atoms with Crippen molar-refractivity contribution < 1.29 is 0 Å². The van der Waals surface area contributed by atoms with Crippen LogP contribution in [0, 0.1) is 0 Å². The van der Waals surface area contributed by atoms with Crippen LogP contribution in [0.3, 0.4) is 0 Å². The third-order valence-corrected chi connectivity index (χ3v) is 15.8. The second-order valence-electron chi connectivity index (χ2n) is 6.59. The molecule has 0 spiro atoms. The average molecular weight is 488 g/mol. The first kappa shape index (κ1) is 19.7. The van der Waals surface area contributed by atoms with Gasteiger partial charge >= 0.3 is 184 Å². The minimum absolute atomic E-state index is 0.651. The van der Waals surface area contributed by atoms with Crippen molar-refractivity contribution in [3.05, 3.63) is 119 Å². The molecule has 4 heteroatoms. The van der Waals surface area contributed by atoms with Gasteiger partial charge < -0.3 is 0 Å². The summed E-state index contributed by atoms with van der Waals surface area (Å²) in [6, 6.07) is 37.2. The van der Waals surface area contributed by atoms with E-state index >= 15 is 0 Å². The van der Waals surface area contributed by atoms with Gasteiger partial charge in [-0.05, 0) is 0 Å². The van der Waals surface area contributed by atoms with E-state index < -0.39 is 5.31 Å². The van der Waals surface area contributed by atoms with Gasteiger partial charge in [-0.15, -0.1) is 0 Å². The predicted octanol–water partition coefficient (Wildman–Crippen LogP) is 6.46. The van der Waals surface area contributed by atoms with Crippen molar-refractivity contribution in [2.75, 3.05) is 0 Å². The molecule has 0 heterocycles. The Bertz CT molecular complexity index is 980. The molecule has 140 valence electrons. The maximum atomic E-state index is 6.87. The number of benzene rings is 4. The molecule has 0 aliphatic rings. The number of rotatable bonds is 4. The van der Waals surface area contributed by atoms with Crippen molar-refractivity contribution in [2.45, 2.75) is 0 Å². The summed E-state index contributed by atoms with van der Waals surface area (Å²) in [5.74, 6) is 0. The van der Waals surface area contributed by atoms with Gasteiger partial charge in [0.2, 0.25) is 0 Å². The van der Waals surface area contributed by atoms with E-state index in [1.54, 1.807) is 0 Å². The third kappa shape index (κ3) is 2.85. The van der Waals surface area contributed by atoms with E-state index in [4.69, 9.17) is 23.2 Å². The third-order valence-electron chi connectivity index (χ3n) is 5.08. The first-order valence-corrected chi connectivity index (χ1v) is 13.9. The monoisotopic (exact) mass is 486 g/mol. The summed E-state index contributed by atoms with van der Waals surface area (Å²) in [5.41, 5.74) is 0. The zero-order valence-electron chi connectivity index (χ0n) is 15.0. The molecule has 0 fully saturated rings. The van der Waals surface area contributed by atoms with Crippen LogP contribution in [0.5, 0.6) is 0 Å². The van der Waals surface area contributed by atoms with Crippen LogP contribution in [-0.2, 0) is 0 Å². The van der Waals surface area contributed by atoms with Gasteiger partial charge in [-0.3, -0.25) is 0 Å². The molecular formula is C24H18BrCl2P.